The van der Waals surface area contributed by atoms with Gasteiger partial charge in [-0.1, -0.05) is 0 Å². The van der Waals surface area contributed by atoms with Crippen molar-refractivity contribution in [2.75, 3.05) is 6.26 Å². The fraction of sp³-hybridized carbons (Fsp3) is 0.857. The monoisotopic (exact) mass is 226 g/mol. The summed E-state index contributed by atoms with van der Waals surface area (Å²) in [6, 6.07) is 0. The van der Waals surface area contributed by atoms with E-state index in [9.17, 15) is 17.6 Å². The quantitative estimate of drug-likeness (QED) is 0.700. The smallest absolute Gasteiger partial charge is 0.344 e. The van der Waals surface area contributed by atoms with Crippen LogP contribution in [0.25, 0.3) is 0 Å². The number of halogens is 1. The molecule has 0 heterocycles. The molecule has 2 atom stereocenters. The minimum Gasteiger partial charge on any atom is -0.479 e. The molecule has 0 bridgehead atoms. The summed E-state index contributed by atoms with van der Waals surface area (Å²) in [5, 5.41) is 8.59. The highest BCUT2D eigenvalue weighted by Crippen LogP contribution is 2.36. The van der Waals surface area contributed by atoms with Crippen LogP contribution in [0, 0.1) is 0 Å². The van der Waals surface area contributed by atoms with Crippen LogP contribution in [0.2, 0.25) is 0 Å². The van der Waals surface area contributed by atoms with Crippen LogP contribution < -0.4 is 0 Å². The standard InChI is InChI=1S/C7H11FO5S/c1-14(11,12)13-5-3-2-4-7(5,8)6(9)10/h5H,2-4H2,1H3,(H,9,10). The van der Waals surface area contributed by atoms with Gasteiger partial charge in [0.15, 0.2) is 0 Å². The fourth-order valence-corrected chi connectivity index (χ4v) is 2.19. The molecule has 1 aliphatic carbocycles. The Balaban J connectivity index is 2.84. The number of alkyl halides is 1. The first-order chi connectivity index (χ1) is 6.26. The summed E-state index contributed by atoms with van der Waals surface area (Å²) in [6.07, 6.45) is -0.412. The van der Waals surface area contributed by atoms with Gasteiger partial charge in [0.2, 0.25) is 5.67 Å². The van der Waals surface area contributed by atoms with Gasteiger partial charge in [-0.05, 0) is 19.3 Å². The Morgan fingerprint density at radius 2 is 2.21 bits per heavy atom. The summed E-state index contributed by atoms with van der Waals surface area (Å²) in [6.45, 7) is 0. The second kappa shape index (κ2) is 3.47. The molecule has 14 heavy (non-hydrogen) atoms. The van der Waals surface area contributed by atoms with Crippen LogP contribution in [-0.2, 0) is 19.1 Å². The van der Waals surface area contributed by atoms with Crippen molar-refractivity contribution in [1.82, 2.24) is 0 Å². The van der Waals surface area contributed by atoms with Gasteiger partial charge in [0, 0.05) is 0 Å². The highest BCUT2D eigenvalue weighted by Gasteiger charge is 2.52. The normalized spacial score (nSPS) is 33.1. The molecule has 0 aromatic carbocycles. The minimum atomic E-state index is -3.82. The number of carboxylic acid groups (broad SMARTS) is 1. The molecular weight excluding hydrogens is 215 g/mol. The minimum absolute atomic E-state index is 0.107. The molecule has 0 amide bonds. The topological polar surface area (TPSA) is 80.7 Å². The molecule has 1 fully saturated rings. The van der Waals surface area contributed by atoms with E-state index in [0.29, 0.717) is 6.42 Å². The Hall–Kier alpha value is -0.690. The second-order valence-electron chi connectivity index (χ2n) is 3.35. The lowest BCUT2D eigenvalue weighted by atomic mass is 10.0. The van der Waals surface area contributed by atoms with Crippen molar-refractivity contribution in [2.24, 2.45) is 0 Å². The zero-order chi connectivity index (χ0) is 11.0. The van der Waals surface area contributed by atoms with Crippen molar-refractivity contribution in [1.29, 1.82) is 0 Å². The summed E-state index contributed by atoms with van der Waals surface area (Å²) in [7, 11) is -3.82. The molecule has 5 nitrogen and oxygen atoms in total. The van der Waals surface area contributed by atoms with Gasteiger partial charge < -0.3 is 5.11 Å². The number of rotatable bonds is 3. The lowest BCUT2D eigenvalue weighted by molar-refractivity contribution is -0.155. The first-order valence-corrected chi connectivity index (χ1v) is 5.88. The first kappa shape index (κ1) is 11.4. The molecule has 2 unspecified atom stereocenters. The van der Waals surface area contributed by atoms with Crippen molar-refractivity contribution < 1.29 is 26.9 Å². The van der Waals surface area contributed by atoms with Gasteiger partial charge in [0.25, 0.3) is 10.1 Å². The predicted molar refractivity (Wildman–Crippen MR) is 45.0 cm³/mol. The number of hydrogen-bond donors (Lipinski definition) is 1. The summed E-state index contributed by atoms with van der Waals surface area (Å²) in [5.41, 5.74) is -2.57. The Bertz CT molecular complexity index is 338. The lowest BCUT2D eigenvalue weighted by Gasteiger charge is -2.21. The number of hydrogen-bond acceptors (Lipinski definition) is 4. The van der Waals surface area contributed by atoms with Gasteiger partial charge in [-0.15, -0.1) is 0 Å². The first-order valence-electron chi connectivity index (χ1n) is 4.06. The van der Waals surface area contributed by atoms with E-state index in [2.05, 4.69) is 4.18 Å². The van der Waals surface area contributed by atoms with Crippen LogP contribution in [0.15, 0.2) is 0 Å². The molecule has 0 saturated heterocycles. The third-order valence-corrected chi connectivity index (χ3v) is 2.75. The third-order valence-electron chi connectivity index (χ3n) is 2.16. The van der Waals surface area contributed by atoms with Crippen LogP contribution in [0.5, 0.6) is 0 Å². The van der Waals surface area contributed by atoms with Crippen molar-refractivity contribution in [3.8, 4) is 0 Å². The van der Waals surface area contributed by atoms with Gasteiger partial charge in [-0.25, -0.2) is 9.18 Å². The van der Waals surface area contributed by atoms with Crippen LogP contribution >= 0.6 is 0 Å². The largest absolute Gasteiger partial charge is 0.479 e. The average Bonchev–Trinajstić information content (AvgIpc) is 2.30. The van der Waals surface area contributed by atoms with Crippen LogP contribution in [0.1, 0.15) is 19.3 Å². The maximum atomic E-state index is 13.6. The van der Waals surface area contributed by atoms with E-state index >= 15 is 0 Å². The second-order valence-corrected chi connectivity index (χ2v) is 4.95. The van der Waals surface area contributed by atoms with Crippen LogP contribution in [0.4, 0.5) is 4.39 Å². The number of carbonyl (C=O) groups is 1. The fourth-order valence-electron chi connectivity index (χ4n) is 1.51. The molecule has 0 radical (unpaired) electrons. The Labute approximate surface area is 81.0 Å². The average molecular weight is 226 g/mol. The lowest BCUT2D eigenvalue weighted by Crippen LogP contribution is -2.43. The zero-order valence-electron chi connectivity index (χ0n) is 7.57. The van der Waals surface area contributed by atoms with Gasteiger partial charge in [-0.2, -0.15) is 8.42 Å². The van der Waals surface area contributed by atoms with E-state index < -0.39 is 27.9 Å². The van der Waals surface area contributed by atoms with Crippen molar-refractivity contribution in [3.63, 3.8) is 0 Å². The van der Waals surface area contributed by atoms with E-state index in [4.69, 9.17) is 5.11 Å². The number of carboxylic acids is 1. The molecule has 0 aromatic heterocycles. The van der Waals surface area contributed by atoms with Gasteiger partial charge >= 0.3 is 5.97 Å². The van der Waals surface area contributed by atoms with E-state index in [1.165, 1.54) is 0 Å². The molecule has 0 aromatic rings. The van der Waals surface area contributed by atoms with Crippen molar-refractivity contribution >= 4 is 16.1 Å². The molecule has 1 rings (SSSR count). The summed E-state index contributed by atoms with van der Waals surface area (Å²) >= 11 is 0. The summed E-state index contributed by atoms with van der Waals surface area (Å²) < 4.78 is 39.5. The summed E-state index contributed by atoms with van der Waals surface area (Å²) in [4.78, 5) is 10.6. The maximum Gasteiger partial charge on any atom is 0.344 e. The molecule has 1 aliphatic rings. The predicted octanol–water partition coefficient (Wildman–Crippen LogP) is 0.308. The highest BCUT2D eigenvalue weighted by molar-refractivity contribution is 7.86. The Morgan fingerprint density at radius 1 is 1.64 bits per heavy atom. The molecular formula is C7H11FO5S. The molecule has 0 spiro atoms. The Morgan fingerprint density at radius 3 is 2.64 bits per heavy atom. The van der Waals surface area contributed by atoms with Crippen molar-refractivity contribution in [3.05, 3.63) is 0 Å². The van der Waals surface area contributed by atoms with Crippen molar-refractivity contribution in [2.45, 2.75) is 31.0 Å². The Kier molecular flexibility index (Phi) is 2.82. The van der Waals surface area contributed by atoms with E-state index in [1.54, 1.807) is 0 Å². The maximum absolute atomic E-state index is 13.6. The third kappa shape index (κ3) is 2.21. The molecule has 82 valence electrons. The SMILES string of the molecule is CS(=O)(=O)OC1CCCC1(F)C(=O)O. The van der Waals surface area contributed by atoms with E-state index in [0.717, 1.165) is 6.26 Å². The molecule has 1 saturated carbocycles. The van der Waals surface area contributed by atoms with Crippen LogP contribution in [-0.4, -0.2) is 37.5 Å². The van der Waals surface area contributed by atoms with Crippen LogP contribution in [0.3, 0.4) is 0 Å². The summed E-state index contributed by atoms with van der Waals surface area (Å²) in [5.74, 6) is -1.66. The van der Waals surface area contributed by atoms with Gasteiger partial charge in [-0.3, -0.25) is 4.18 Å². The highest BCUT2D eigenvalue weighted by atomic mass is 32.2. The van der Waals surface area contributed by atoms with E-state index in [-0.39, 0.29) is 12.8 Å². The van der Waals surface area contributed by atoms with Gasteiger partial charge in [0.1, 0.15) is 6.10 Å². The number of aliphatic carboxylic acids is 1. The van der Waals surface area contributed by atoms with Gasteiger partial charge in [0.05, 0.1) is 6.26 Å². The molecule has 1 N–H and O–H groups in total. The van der Waals surface area contributed by atoms with E-state index in [1.807, 2.05) is 0 Å². The molecule has 7 heteroatoms. The zero-order valence-corrected chi connectivity index (χ0v) is 8.38. The molecule has 0 aliphatic heterocycles.